The highest BCUT2D eigenvalue weighted by Gasteiger charge is 2.11. The highest BCUT2D eigenvalue weighted by molar-refractivity contribution is 9.10. The maximum Gasteiger partial charge on any atom is 0.253 e. The SMILES string of the molecule is C[C@H](NC(=O)c1cncc(Br)c1)c1ccc(Br)cc1. The van der Waals surface area contributed by atoms with Crippen LogP contribution < -0.4 is 5.32 Å². The molecule has 0 bridgehead atoms. The van der Waals surface area contributed by atoms with Gasteiger partial charge in [-0.25, -0.2) is 0 Å². The van der Waals surface area contributed by atoms with Gasteiger partial charge in [0.25, 0.3) is 5.91 Å². The van der Waals surface area contributed by atoms with Crippen LogP contribution in [0, 0.1) is 0 Å². The molecule has 2 rings (SSSR count). The third-order valence-electron chi connectivity index (χ3n) is 2.68. The van der Waals surface area contributed by atoms with Crippen molar-refractivity contribution in [2.45, 2.75) is 13.0 Å². The molecular weight excluding hydrogens is 372 g/mol. The number of hydrogen-bond donors (Lipinski definition) is 1. The Morgan fingerprint density at radius 2 is 1.84 bits per heavy atom. The van der Waals surface area contributed by atoms with E-state index in [0.717, 1.165) is 14.5 Å². The molecule has 1 N–H and O–H groups in total. The highest BCUT2D eigenvalue weighted by atomic mass is 79.9. The van der Waals surface area contributed by atoms with Crippen LogP contribution in [-0.2, 0) is 0 Å². The van der Waals surface area contributed by atoms with Gasteiger partial charge < -0.3 is 5.32 Å². The molecule has 2 aromatic rings. The molecule has 1 atom stereocenters. The Labute approximate surface area is 128 Å². The van der Waals surface area contributed by atoms with Crippen LogP contribution in [0.15, 0.2) is 51.7 Å². The van der Waals surface area contributed by atoms with E-state index in [1.165, 1.54) is 0 Å². The van der Waals surface area contributed by atoms with E-state index in [0.29, 0.717) is 5.56 Å². The Balaban J connectivity index is 2.08. The molecule has 0 fully saturated rings. The van der Waals surface area contributed by atoms with E-state index < -0.39 is 0 Å². The minimum Gasteiger partial charge on any atom is -0.345 e. The summed E-state index contributed by atoms with van der Waals surface area (Å²) in [5, 5.41) is 2.94. The minimum atomic E-state index is -0.135. The molecular formula is C14H12Br2N2O. The number of benzene rings is 1. The van der Waals surface area contributed by atoms with E-state index in [4.69, 9.17) is 0 Å². The molecule has 1 aromatic heterocycles. The number of halogens is 2. The van der Waals surface area contributed by atoms with Gasteiger partial charge in [-0.2, -0.15) is 0 Å². The summed E-state index contributed by atoms with van der Waals surface area (Å²) >= 11 is 6.69. The number of aromatic nitrogens is 1. The summed E-state index contributed by atoms with van der Waals surface area (Å²) in [4.78, 5) is 16.0. The minimum absolute atomic E-state index is 0.0559. The molecule has 0 radical (unpaired) electrons. The number of nitrogens with one attached hydrogen (secondary N) is 1. The first-order chi connectivity index (χ1) is 9.06. The lowest BCUT2D eigenvalue weighted by Crippen LogP contribution is -2.26. The first kappa shape index (κ1) is 14.2. The van der Waals surface area contributed by atoms with Crippen molar-refractivity contribution in [2.24, 2.45) is 0 Å². The van der Waals surface area contributed by atoms with E-state index in [9.17, 15) is 4.79 Å². The zero-order valence-electron chi connectivity index (χ0n) is 10.2. The monoisotopic (exact) mass is 382 g/mol. The second-order valence-electron chi connectivity index (χ2n) is 4.14. The van der Waals surface area contributed by atoms with E-state index in [1.54, 1.807) is 18.5 Å². The summed E-state index contributed by atoms with van der Waals surface area (Å²) in [5.74, 6) is -0.135. The Morgan fingerprint density at radius 3 is 2.47 bits per heavy atom. The number of carbonyl (C=O) groups is 1. The second-order valence-corrected chi connectivity index (χ2v) is 5.97. The average molecular weight is 384 g/mol. The lowest BCUT2D eigenvalue weighted by atomic mass is 10.1. The standard InChI is InChI=1S/C14H12Br2N2O/c1-9(10-2-4-12(15)5-3-10)18-14(19)11-6-13(16)8-17-7-11/h2-9H,1H3,(H,18,19)/t9-/m0/s1. The fourth-order valence-corrected chi connectivity index (χ4v) is 2.28. The van der Waals surface area contributed by atoms with E-state index in [-0.39, 0.29) is 11.9 Å². The van der Waals surface area contributed by atoms with Crippen molar-refractivity contribution in [1.82, 2.24) is 10.3 Å². The molecule has 0 aliphatic carbocycles. The fraction of sp³-hybridized carbons (Fsp3) is 0.143. The molecule has 19 heavy (non-hydrogen) atoms. The van der Waals surface area contributed by atoms with Crippen LogP contribution in [0.5, 0.6) is 0 Å². The summed E-state index contributed by atoms with van der Waals surface area (Å²) in [6.07, 6.45) is 3.20. The smallest absolute Gasteiger partial charge is 0.253 e. The Hall–Kier alpha value is -1.20. The Kier molecular flexibility index (Phi) is 4.71. The average Bonchev–Trinajstić information content (AvgIpc) is 2.39. The van der Waals surface area contributed by atoms with Crippen molar-refractivity contribution in [1.29, 1.82) is 0 Å². The van der Waals surface area contributed by atoms with Gasteiger partial charge in [0.1, 0.15) is 0 Å². The quantitative estimate of drug-likeness (QED) is 0.866. The van der Waals surface area contributed by atoms with Gasteiger partial charge in [0.15, 0.2) is 0 Å². The molecule has 0 saturated heterocycles. The Morgan fingerprint density at radius 1 is 1.16 bits per heavy atom. The van der Waals surface area contributed by atoms with E-state index in [1.807, 2.05) is 31.2 Å². The zero-order chi connectivity index (χ0) is 13.8. The third-order valence-corrected chi connectivity index (χ3v) is 3.65. The summed E-state index contributed by atoms with van der Waals surface area (Å²) in [7, 11) is 0. The molecule has 98 valence electrons. The van der Waals surface area contributed by atoms with Crippen LogP contribution in [0.1, 0.15) is 28.9 Å². The van der Waals surface area contributed by atoms with E-state index >= 15 is 0 Å². The Bertz CT molecular complexity index is 584. The lowest BCUT2D eigenvalue weighted by molar-refractivity contribution is 0.0939. The number of pyridine rings is 1. The van der Waals surface area contributed by atoms with Gasteiger partial charge in [0.2, 0.25) is 0 Å². The van der Waals surface area contributed by atoms with Crippen molar-refractivity contribution >= 4 is 37.8 Å². The van der Waals surface area contributed by atoms with Crippen LogP contribution >= 0.6 is 31.9 Å². The van der Waals surface area contributed by atoms with Crippen molar-refractivity contribution in [3.63, 3.8) is 0 Å². The van der Waals surface area contributed by atoms with Gasteiger partial charge in [-0.3, -0.25) is 9.78 Å². The maximum atomic E-state index is 12.1. The lowest BCUT2D eigenvalue weighted by Gasteiger charge is -2.14. The summed E-state index contributed by atoms with van der Waals surface area (Å²) in [5.41, 5.74) is 1.60. The van der Waals surface area contributed by atoms with Gasteiger partial charge in [0.05, 0.1) is 11.6 Å². The first-order valence-corrected chi connectivity index (χ1v) is 7.32. The number of carbonyl (C=O) groups excluding carboxylic acids is 1. The molecule has 5 heteroatoms. The fourth-order valence-electron chi connectivity index (χ4n) is 1.65. The molecule has 1 heterocycles. The predicted molar refractivity (Wildman–Crippen MR) is 82.0 cm³/mol. The van der Waals surface area contributed by atoms with Gasteiger partial charge in [-0.1, -0.05) is 28.1 Å². The van der Waals surface area contributed by atoms with Crippen LogP contribution in [0.2, 0.25) is 0 Å². The molecule has 0 saturated carbocycles. The number of rotatable bonds is 3. The number of amides is 1. The normalized spacial score (nSPS) is 11.9. The second kappa shape index (κ2) is 6.30. The molecule has 3 nitrogen and oxygen atoms in total. The van der Waals surface area contributed by atoms with Crippen LogP contribution in [0.25, 0.3) is 0 Å². The molecule has 0 aliphatic heterocycles. The largest absolute Gasteiger partial charge is 0.345 e. The number of nitrogens with zero attached hydrogens (tertiary/aromatic N) is 1. The van der Waals surface area contributed by atoms with Crippen molar-refractivity contribution < 1.29 is 4.79 Å². The molecule has 0 unspecified atom stereocenters. The summed E-state index contributed by atoms with van der Waals surface area (Å²) in [6, 6.07) is 9.57. The number of hydrogen-bond acceptors (Lipinski definition) is 2. The highest BCUT2D eigenvalue weighted by Crippen LogP contribution is 2.17. The molecule has 1 amide bonds. The third kappa shape index (κ3) is 3.88. The van der Waals surface area contributed by atoms with Gasteiger partial charge in [-0.15, -0.1) is 0 Å². The predicted octanol–water partition coefficient (Wildman–Crippen LogP) is 4.10. The van der Waals surface area contributed by atoms with Crippen LogP contribution in [0.3, 0.4) is 0 Å². The van der Waals surface area contributed by atoms with Gasteiger partial charge >= 0.3 is 0 Å². The summed E-state index contributed by atoms with van der Waals surface area (Å²) < 4.78 is 1.81. The first-order valence-electron chi connectivity index (χ1n) is 5.73. The van der Waals surface area contributed by atoms with Crippen molar-refractivity contribution in [2.75, 3.05) is 0 Å². The van der Waals surface area contributed by atoms with Gasteiger partial charge in [-0.05, 0) is 46.6 Å². The molecule has 0 spiro atoms. The van der Waals surface area contributed by atoms with Crippen molar-refractivity contribution in [3.8, 4) is 0 Å². The zero-order valence-corrected chi connectivity index (χ0v) is 13.4. The van der Waals surface area contributed by atoms with Crippen molar-refractivity contribution in [3.05, 3.63) is 62.8 Å². The molecule has 0 aliphatic rings. The van der Waals surface area contributed by atoms with Gasteiger partial charge in [0, 0.05) is 21.3 Å². The van der Waals surface area contributed by atoms with Crippen LogP contribution in [-0.4, -0.2) is 10.9 Å². The maximum absolute atomic E-state index is 12.1. The van der Waals surface area contributed by atoms with E-state index in [2.05, 4.69) is 42.2 Å². The van der Waals surface area contributed by atoms with Crippen LogP contribution in [0.4, 0.5) is 0 Å². The molecule has 1 aromatic carbocycles. The topological polar surface area (TPSA) is 42.0 Å². The summed E-state index contributed by atoms with van der Waals surface area (Å²) in [6.45, 7) is 1.95.